The minimum Gasteiger partial charge on any atom is -0.497 e. The van der Waals surface area contributed by atoms with Gasteiger partial charge in [0.25, 0.3) is 0 Å². The van der Waals surface area contributed by atoms with Crippen LogP contribution in [0.5, 0.6) is 5.75 Å². The quantitative estimate of drug-likeness (QED) is 0.801. The first-order valence-corrected chi connectivity index (χ1v) is 5.14. The normalized spacial score (nSPS) is 10.7. The molecule has 86 valence electrons. The highest BCUT2D eigenvalue weighted by Gasteiger charge is 1.94. The molecule has 1 heterocycles. The van der Waals surface area contributed by atoms with Crippen molar-refractivity contribution in [3.8, 4) is 5.75 Å². The number of rotatable bonds is 3. The number of methoxy groups -OCH3 is 1. The smallest absolute Gasteiger partial charge is 0.196 e. The second kappa shape index (κ2) is 5.16. The van der Waals surface area contributed by atoms with Crippen molar-refractivity contribution in [3.63, 3.8) is 0 Å². The fourth-order valence-electron chi connectivity index (χ4n) is 1.24. The molecule has 0 saturated heterocycles. The van der Waals surface area contributed by atoms with Crippen LogP contribution >= 0.6 is 0 Å². The Balaban J connectivity index is 2.11. The maximum atomic E-state index is 5.08. The number of nitrogens with zero attached hydrogens (tertiary/aromatic N) is 4. The molecule has 2 aromatic rings. The first-order chi connectivity index (χ1) is 8.28. The molecule has 0 N–H and O–H groups in total. The molecule has 1 aromatic carbocycles. The molecule has 17 heavy (non-hydrogen) atoms. The summed E-state index contributed by atoms with van der Waals surface area (Å²) in [5.41, 5.74) is 1.04. The molecule has 0 amide bonds. The van der Waals surface area contributed by atoms with Gasteiger partial charge in [-0.15, -0.1) is 20.4 Å². The Hall–Kier alpha value is -2.30. The molecule has 5 nitrogen and oxygen atoms in total. The van der Waals surface area contributed by atoms with E-state index in [-0.39, 0.29) is 0 Å². The Bertz CT molecular complexity index is 505. The van der Waals surface area contributed by atoms with Crippen LogP contribution in [0.25, 0.3) is 12.2 Å². The fraction of sp³-hybridized carbons (Fsp3) is 0.167. The summed E-state index contributed by atoms with van der Waals surface area (Å²) in [5.74, 6) is 1.88. The van der Waals surface area contributed by atoms with Gasteiger partial charge in [0.05, 0.1) is 7.11 Å². The van der Waals surface area contributed by atoms with E-state index in [0.29, 0.717) is 11.6 Å². The van der Waals surface area contributed by atoms with Crippen molar-refractivity contribution in [2.45, 2.75) is 6.92 Å². The number of hydrogen-bond donors (Lipinski definition) is 0. The van der Waals surface area contributed by atoms with Crippen LogP contribution in [-0.2, 0) is 0 Å². The lowest BCUT2D eigenvalue weighted by Crippen LogP contribution is -1.97. The summed E-state index contributed by atoms with van der Waals surface area (Å²) in [6.45, 7) is 1.75. The molecule has 0 aliphatic carbocycles. The third kappa shape index (κ3) is 3.07. The second-order valence-electron chi connectivity index (χ2n) is 3.41. The zero-order valence-corrected chi connectivity index (χ0v) is 9.66. The monoisotopic (exact) mass is 228 g/mol. The van der Waals surface area contributed by atoms with Crippen molar-refractivity contribution in [2.24, 2.45) is 0 Å². The number of hydrogen-bond acceptors (Lipinski definition) is 5. The highest BCUT2D eigenvalue weighted by Crippen LogP contribution is 2.12. The average molecular weight is 228 g/mol. The van der Waals surface area contributed by atoms with Gasteiger partial charge in [-0.05, 0) is 30.7 Å². The molecule has 0 aliphatic rings. The summed E-state index contributed by atoms with van der Waals surface area (Å²) in [6, 6.07) is 7.69. The molecule has 0 fully saturated rings. The van der Waals surface area contributed by atoms with Gasteiger partial charge in [-0.1, -0.05) is 18.2 Å². The molecule has 0 bridgehead atoms. The molecular formula is C12H12N4O. The molecule has 0 spiro atoms. The number of aryl methyl sites for hydroxylation is 1. The van der Waals surface area contributed by atoms with E-state index in [1.165, 1.54) is 0 Å². The van der Waals surface area contributed by atoms with E-state index in [0.717, 1.165) is 11.3 Å². The Morgan fingerprint density at radius 2 is 1.59 bits per heavy atom. The van der Waals surface area contributed by atoms with E-state index in [9.17, 15) is 0 Å². The predicted octanol–water partition coefficient (Wildman–Crippen LogP) is 1.75. The Kier molecular flexibility index (Phi) is 3.40. The van der Waals surface area contributed by atoms with Crippen LogP contribution in [0.3, 0.4) is 0 Å². The highest BCUT2D eigenvalue weighted by atomic mass is 16.5. The minimum absolute atomic E-state index is 0.492. The third-order valence-electron chi connectivity index (χ3n) is 2.14. The molecule has 5 heteroatoms. The molecule has 0 atom stereocenters. The van der Waals surface area contributed by atoms with Crippen LogP contribution in [0.2, 0.25) is 0 Å². The maximum Gasteiger partial charge on any atom is 0.196 e. The van der Waals surface area contributed by atoms with E-state index < -0.39 is 0 Å². The van der Waals surface area contributed by atoms with Crippen LogP contribution in [0.4, 0.5) is 0 Å². The van der Waals surface area contributed by atoms with Gasteiger partial charge in [0, 0.05) is 0 Å². The zero-order valence-electron chi connectivity index (χ0n) is 9.66. The Morgan fingerprint density at radius 3 is 2.18 bits per heavy atom. The first-order valence-electron chi connectivity index (χ1n) is 5.14. The summed E-state index contributed by atoms with van der Waals surface area (Å²) < 4.78 is 5.08. The lowest BCUT2D eigenvalue weighted by Gasteiger charge is -1.98. The molecule has 0 saturated carbocycles. The summed E-state index contributed by atoms with van der Waals surface area (Å²) in [5, 5.41) is 15.4. The highest BCUT2D eigenvalue weighted by molar-refractivity contribution is 5.66. The van der Waals surface area contributed by atoms with Crippen molar-refractivity contribution in [2.75, 3.05) is 7.11 Å². The van der Waals surface area contributed by atoms with E-state index in [1.54, 1.807) is 20.1 Å². The summed E-state index contributed by atoms with van der Waals surface area (Å²) in [4.78, 5) is 0. The van der Waals surface area contributed by atoms with Crippen LogP contribution in [0.1, 0.15) is 17.2 Å². The first kappa shape index (κ1) is 11.2. The second-order valence-corrected chi connectivity index (χ2v) is 3.41. The Morgan fingerprint density at radius 1 is 0.941 bits per heavy atom. The number of ether oxygens (including phenoxy) is 1. The van der Waals surface area contributed by atoms with E-state index in [2.05, 4.69) is 20.4 Å². The summed E-state index contributed by atoms with van der Waals surface area (Å²) in [7, 11) is 1.64. The fourth-order valence-corrected chi connectivity index (χ4v) is 1.24. The van der Waals surface area contributed by atoms with Crippen LogP contribution in [-0.4, -0.2) is 27.5 Å². The van der Waals surface area contributed by atoms with Crippen LogP contribution in [0, 0.1) is 6.92 Å². The Labute approximate surface area is 99.2 Å². The summed E-state index contributed by atoms with van der Waals surface area (Å²) >= 11 is 0. The van der Waals surface area contributed by atoms with E-state index >= 15 is 0 Å². The van der Waals surface area contributed by atoms with Crippen molar-refractivity contribution >= 4 is 12.2 Å². The van der Waals surface area contributed by atoms with Gasteiger partial charge in [0.1, 0.15) is 5.75 Å². The van der Waals surface area contributed by atoms with Gasteiger partial charge in [-0.25, -0.2) is 0 Å². The average Bonchev–Trinajstić information content (AvgIpc) is 2.39. The SMILES string of the molecule is COc1ccc(/C=C/c2nnc(C)nn2)cc1. The molecule has 1 aromatic heterocycles. The third-order valence-corrected chi connectivity index (χ3v) is 2.14. The minimum atomic E-state index is 0.492. The largest absolute Gasteiger partial charge is 0.497 e. The van der Waals surface area contributed by atoms with Gasteiger partial charge in [-0.3, -0.25) is 0 Å². The molecular weight excluding hydrogens is 216 g/mol. The lowest BCUT2D eigenvalue weighted by molar-refractivity contribution is 0.415. The van der Waals surface area contributed by atoms with Gasteiger partial charge in [0.2, 0.25) is 0 Å². The molecule has 0 radical (unpaired) electrons. The van der Waals surface area contributed by atoms with Crippen molar-refractivity contribution in [3.05, 3.63) is 41.5 Å². The number of benzene rings is 1. The van der Waals surface area contributed by atoms with Gasteiger partial charge in [0.15, 0.2) is 11.6 Å². The van der Waals surface area contributed by atoms with E-state index in [1.807, 2.05) is 30.3 Å². The zero-order chi connectivity index (χ0) is 12.1. The van der Waals surface area contributed by atoms with E-state index in [4.69, 9.17) is 4.74 Å². The summed E-state index contributed by atoms with van der Waals surface area (Å²) in [6.07, 6.45) is 3.66. The van der Waals surface area contributed by atoms with Gasteiger partial charge < -0.3 is 4.74 Å². The molecule has 0 unspecified atom stereocenters. The van der Waals surface area contributed by atoms with Crippen LogP contribution in [0.15, 0.2) is 24.3 Å². The number of aromatic nitrogens is 4. The van der Waals surface area contributed by atoms with Crippen molar-refractivity contribution < 1.29 is 4.74 Å². The molecule has 0 aliphatic heterocycles. The van der Waals surface area contributed by atoms with Crippen molar-refractivity contribution in [1.82, 2.24) is 20.4 Å². The van der Waals surface area contributed by atoms with Crippen molar-refractivity contribution in [1.29, 1.82) is 0 Å². The topological polar surface area (TPSA) is 60.8 Å². The predicted molar refractivity (Wildman–Crippen MR) is 64.3 cm³/mol. The van der Waals surface area contributed by atoms with Gasteiger partial charge >= 0.3 is 0 Å². The van der Waals surface area contributed by atoms with Crippen LogP contribution < -0.4 is 4.74 Å². The standard InChI is InChI=1S/C12H12N4O/c1-9-13-15-12(16-14-9)8-5-10-3-6-11(17-2)7-4-10/h3-8H,1-2H3/b8-5+. The van der Waals surface area contributed by atoms with Gasteiger partial charge in [-0.2, -0.15) is 0 Å². The molecule has 2 rings (SSSR count). The lowest BCUT2D eigenvalue weighted by atomic mass is 10.2. The maximum absolute atomic E-state index is 5.08.